The van der Waals surface area contributed by atoms with Gasteiger partial charge in [0.15, 0.2) is 5.78 Å². The second kappa shape index (κ2) is 5.97. The molecule has 0 saturated heterocycles. The van der Waals surface area contributed by atoms with Gasteiger partial charge in [0.1, 0.15) is 5.75 Å². The third-order valence-corrected chi connectivity index (χ3v) is 3.41. The normalized spacial score (nSPS) is 10.3. The number of Topliss-reactive ketones (excluding diaryl/α,β-unsaturated/α-hetero) is 1. The first kappa shape index (κ1) is 13.7. The molecule has 0 atom stereocenters. The Hall–Kier alpha value is -1.68. The lowest BCUT2D eigenvalue weighted by Gasteiger charge is -2.09. The largest absolute Gasteiger partial charge is 0.496 e. The number of pyridine rings is 1. The molecule has 19 heavy (non-hydrogen) atoms. The highest BCUT2D eigenvalue weighted by atomic mass is 79.9. The van der Waals surface area contributed by atoms with Gasteiger partial charge in [-0.25, -0.2) is 0 Å². The van der Waals surface area contributed by atoms with Crippen LogP contribution in [0, 0.1) is 6.92 Å². The highest BCUT2D eigenvalue weighted by molar-refractivity contribution is 9.10. The molecule has 0 unspecified atom stereocenters. The number of aryl methyl sites for hydroxylation is 1. The maximum absolute atomic E-state index is 12.3. The molecule has 0 radical (unpaired) electrons. The van der Waals surface area contributed by atoms with Crippen LogP contribution in [0.15, 0.2) is 41.1 Å². The third kappa shape index (κ3) is 3.20. The van der Waals surface area contributed by atoms with E-state index in [9.17, 15) is 4.79 Å². The van der Waals surface area contributed by atoms with E-state index >= 15 is 0 Å². The molecule has 0 aliphatic rings. The second-order valence-corrected chi connectivity index (χ2v) is 5.16. The average molecular weight is 320 g/mol. The van der Waals surface area contributed by atoms with Crippen LogP contribution in [0.2, 0.25) is 0 Å². The lowest BCUT2D eigenvalue weighted by molar-refractivity contribution is 0.0991. The van der Waals surface area contributed by atoms with E-state index in [4.69, 9.17) is 4.74 Å². The molecule has 0 spiro atoms. The van der Waals surface area contributed by atoms with Crippen LogP contribution in [-0.4, -0.2) is 17.9 Å². The predicted molar refractivity (Wildman–Crippen MR) is 77.7 cm³/mol. The van der Waals surface area contributed by atoms with E-state index in [0.29, 0.717) is 12.0 Å². The number of methoxy groups -OCH3 is 1. The Balaban J connectivity index is 2.29. The zero-order valence-corrected chi connectivity index (χ0v) is 12.4. The lowest BCUT2D eigenvalue weighted by Crippen LogP contribution is -2.07. The third-order valence-electron chi connectivity index (χ3n) is 2.91. The fourth-order valence-electron chi connectivity index (χ4n) is 1.94. The lowest BCUT2D eigenvalue weighted by atomic mass is 10.0. The van der Waals surface area contributed by atoms with Crippen molar-refractivity contribution in [3.63, 3.8) is 0 Å². The molecule has 0 aliphatic heterocycles. The zero-order chi connectivity index (χ0) is 13.8. The number of carbonyl (C=O) groups excluding carboxylic acids is 1. The first-order valence-electron chi connectivity index (χ1n) is 5.88. The molecule has 0 amide bonds. The predicted octanol–water partition coefficient (Wildman–Crippen LogP) is 3.59. The van der Waals surface area contributed by atoms with Crippen LogP contribution >= 0.6 is 15.9 Å². The topological polar surface area (TPSA) is 39.2 Å². The average Bonchev–Trinajstić information content (AvgIpc) is 2.39. The van der Waals surface area contributed by atoms with Gasteiger partial charge in [0.2, 0.25) is 0 Å². The minimum absolute atomic E-state index is 0.0660. The minimum Gasteiger partial charge on any atom is -0.496 e. The molecule has 0 aliphatic carbocycles. The molecule has 0 N–H and O–H groups in total. The molecule has 2 rings (SSSR count). The molecular weight excluding hydrogens is 306 g/mol. The summed E-state index contributed by atoms with van der Waals surface area (Å²) in [6, 6.07) is 7.41. The molecule has 1 aromatic carbocycles. The van der Waals surface area contributed by atoms with E-state index in [1.807, 2.05) is 25.1 Å². The van der Waals surface area contributed by atoms with Crippen LogP contribution in [-0.2, 0) is 6.42 Å². The Morgan fingerprint density at radius 1 is 1.37 bits per heavy atom. The summed E-state index contributed by atoms with van der Waals surface area (Å²) in [5.74, 6) is 0.791. The summed E-state index contributed by atoms with van der Waals surface area (Å²) >= 11 is 3.41. The fraction of sp³-hybridized carbons (Fsp3) is 0.200. The van der Waals surface area contributed by atoms with Crippen molar-refractivity contribution in [2.45, 2.75) is 13.3 Å². The monoisotopic (exact) mass is 319 g/mol. The number of aromatic nitrogens is 1. The summed E-state index contributed by atoms with van der Waals surface area (Å²) in [5, 5.41) is 0. The maximum Gasteiger partial charge on any atom is 0.167 e. The Morgan fingerprint density at radius 2 is 2.16 bits per heavy atom. The van der Waals surface area contributed by atoms with Gasteiger partial charge in [-0.2, -0.15) is 0 Å². The first-order valence-corrected chi connectivity index (χ1v) is 6.67. The van der Waals surface area contributed by atoms with Gasteiger partial charge in [0.25, 0.3) is 0 Å². The van der Waals surface area contributed by atoms with Crippen molar-refractivity contribution in [3.05, 3.63) is 57.8 Å². The molecule has 1 heterocycles. The standard InChI is InChI=1S/C15H14BrNO2/c1-10-9-17-6-5-13(10)14(18)8-11-7-12(16)3-4-15(11)19-2/h3-7,9H,8H2,1-2H3. The molecule has 0 bridgehead atoms. The molecule has 1 aromatic heterocycles. The quantitative estimate of drug-likeness (QED) is 0.808. The highest BCUT2D eigenvalue weighted by Gasteiger charge is 2.13. The van der Waals surface area contributed by atoms with Gasteiger partial charge < -0.3 is 4.74 Å². The Bertz CT molecular complexity index is 611. The van der Waals surface area contributed by atoms with Gasteiger partial charge in [0, 0.05) is 34.4 Å². The van der Waals surface area contributed by atoms with Crippen molar-refractivity contribution in [2.24, 2.45) is 0 Å². The molecule has 0 fully saturated rings. The molecule has 0 saturated carbocycles. The summed E-state index contributed by atoms with van der Waals surface area (Å²) in [7, 11) is 1.61. The van der Waals surface area contributed by atoms with Crippen LogP contribution in [0.25, 0.3) is 0 Å². The van der Waals surface area contributed by atoms with Crippen LogP contribution in [0.1, 0.15) is 21.5 Å². The summed E-state index contributed by atoms with van der Waals surface area (Å²) in [5.41, 5.74) is 2.47. The van der Waals surface area contributed by atoms with Gasteiger partial charge in [-0.3, -0.25) is 9.78 Å². The summed E-state index contributed by atoms with van der Waals surface area (Å²) < 4.78 is 6.21. The first-order chi connectivity index (χ1) is 9.11. The molecular formula is C15H14BrNO2. The number of carbonyl (C=O) groups is 1. The Morgan fingerprint density at radius 3 is 2.84 bits per heavy atom. The van der Waals surface area contributed by atoms with E-state index in [-0.39, 0.29) is 5.78 Å². The maximum atomic E-state index is 12.3. The molecule has 3 nitrogen and oxygen atoms in total. The van der Waals surface area contributed by atoms with Gasteiger partial charge in [-0.1, -0.05) is 15.9 Å². The van der Waals surface area contributed by atoms with Crippen molar-refractivity contribution < 1.29 is 9.53 Å². The summed E-state index contributed by atoms with van der Waals surface area (Å²) in [6.07, 6.45) is 3.65. The van der Waals surface area contributed by atoms with E-state index in [0.717, 1.165) is 21.3 Å². The van der Waals surface area contributed by atoms with Crippen molar-refractivity contribution in [2.75, 3.05) is 7.11 Å². The number of rotatable bonds is 4. The highest BCUT2D eigenvalue weighted by Crippen LogP contribution is 2.24. The van der Waals surface area contributed by atoms with E-state index in [1.54, 1.807) is 25.6 Å². The number of halogens is 1. The Kier molecular flexibility index (Phi) is 4.32. The molecule has 98 valence electrons. The summed E-state index contributed by atoms with van der Waals surface area (Å²) in [6.45, 7) is 1.89. The van der Waals surface area contributed by atoms with Crippen molar-refractivity contribution >= 4 is 21.7 Å². The van der Waals surface area contributed by atoms with Crippen LogP contribution < -0.4 is 4.74 Å². The van der Waals surface area contributed by atoms with Crippen molar-refractivity contribution in [3.8, 4) is 5.75 Å². The SMILES string of the molecule is COc1ccc(Br)cc1CC(=O)c1ccncc1C. The van der Waals surface area contributed by atoms with Gasteiger partial charge >= 0.3 is 0 Å². The fourth-order valence-corrected chi connectivity index (χ4v) is 2.35. The van der Waals surface area contributed by atoms with E-state index in [2.05, 4.69) is 20.9 Å². The smallest absolute Gasteiger partial charge is 0.167 e. The van der Waals surface area contributed by atoms with Crippen LogP contribution in [0.3, 0.4) is 0 Å². The van der Waals surface area contributed by atoms with Crippen molar-refractivity contribution in [1.29, 1.82) is 0 Å². The van der Waals surface area contributed by atoms with Crippen LogP contribution in [0.4, 0.5) is 0 Å². The van der Waals surface area contributed by atoms with Gasteiger partial charge in [0.05, 0.1) is 7.11 Å². The number of nitrogens with zero attached hydrogens (tertiary/aromatic N) is 1. The second-order valence-electron chi connectivity index (χ2n) is 4.25. The van der Waals surface area contributed by atoms with Crippen LogP contribution in [0.5, 0.6) is 5.75 Å². The summed E-state index contributed by atoms with van der Waals surface area (Å²) in [4.78, 5) is 16.3. The minimum atomic E-state index is 0.0660. The van der Waals surface area contributed by atoms with Crippen molar-refractivity contribution in [1.82, 2.24) is 4.98 Å². The zero-order valence-electron chi connectivity index (χ0n) is 10.8. The number of ether oxygens (including phenoxy) is 1. The Labute approximate surface area is 120 Å². The number of hydrogen-bond acceptors (Lipinski definition) is 3. The number of benzene rings is 1. The molecule has 4 heteroatoms. The number of ketones is 1. The number of hydrogen-bond donors (Lipinski definition) is 0. The molecule has 2 aromatic rings. The van der Waals surface area contributed by atoms with Gasteiger partial charge in [-0.15, -0.1) is 0 Å². The van der Waals surface area contributed by atoms with E-state index in [1.165, 1.54) is 0 Å². The van der Waals surface area contributed by atoms with Gasteiger partial charge in [-0.05, 0) is 36.8 Å². The van der Waals surface area contributed by atoms with E-state index < -0.39 is 0 Å².